The Morgan fingerprint density at radius 2 is 2.10 bits per heavy atom. The van der Waals surface area contributed by atoms with E-state index in [2.05, 4.69) is 4.72 Å². The van der Waals surface area contributed by atoms with Crippen LogP contribution in [-0.2, 0) is 14.8 Å². The lowest BCUT2D eigenvalue weighted by atomic mass is 10.0. The van der Waals surface area contributed by atoms with E-state index in [0.717, 1.165) is 0 Å². The minimum absolute atomic E-state index is 0.0903. The number of nitrogens with one attached hydrogen (secondary N) is 1. The molecule has 112 valence electrons. The number of rotatable bonds is 6. The van der Waals surface area contributed by atoms with Crippen molar-refractivity contribution in [3.8, 4) is 5.75 Å². The number of sulfonamides is 1. The van der Waals surface area contributed by atoms with Gasteiger partial charge in [-0.1, -0.05) is 0 Å². The summed E-state index contributed by atoms with van der Waals surface area (Å²) in [6, 6.07) is 6.83. The molecule has 3 N–H and O–H groups in total. The number of benzene rings is 1. The third-order valence-electron chi connectivity index (χ3n) is 3.12. The lowest BCUT2D eigenvalue weighted by molar-refractivity contribution is 0.178. The van der Waals surface area contributed by atoms with E-state index < -0.39 is 15.6 Å². The van der Waals surface area contributed by atoms with E-state index >= 15 is 0 Å². The fourth-order valence-electron chi connectivity index (χ4n) is 2.01. The molecule has 2 rings (SSSR count). The first-order valence-electron chi connectivity index (χ1n) is 6.46. The number of hydrogen-bond acceptors (Lipinski definition) is 5. The van der Waals surface area contributed by atoms with Gasteiger partial charge >= 0.3 is 0 Å². The number of nitrogen functional groups attached to an aromatic ring is 1. The summed E-state index contributed by atoms with van der Waals surface area (Å²) in [4.78, 5) is 0. The van der Waals surface area contributed by atoms with Gasteiger partial charge in [0.25, 0.3) is 0 Å². The molecule has 0 saturated carbocycles. The first kappa shape index (κ1) is 15.1. The second-order valence-electron chi connectivity index (χ2n) is 5.20. The molecule has 1 aromatic rings. The maximum absolute atomic E-state index is 12.0. The average molecular weight is 300 g/mol. The van der Waals surface area contributed by atoms with Gasteiger partial charge in [-0.15, -0.1) is 0 Å². The van der Waals surface area contributed by atoms with Crippen molar-refractivity contribution < 1.29 is 17.9 Å². The largest absolute Gasteiger partial charge is 0.492 e. The van der Waals surface area contributed by atoms with Crippen LogP contribution in [0.15, 0.2) is 24.3 Å². The second-order valence-corrected chi connectivity index (χ2v) is 7.04. The molecule has 1 aromatic carbocycles. The highest BCUT2D eigenvalue weighted by atomic mass is 32.2. The lowest BCUT2D eigenvalue weighted by Crippen LogP contribution is -2.47. The molecular weight excluding hydrogens is 280 g/mol. The van der Waals surface area contributed by atoms with E-state index in [9.17, 15) is 8.42 Å². The molecule has 1 saturated heterocycles. The van der Waals surface area contributed by atoms with Crippen LogP contribution in [0, 0.1) is 0 Å². The van der Waals surface area contributed by atoms with Gasteiger partial charge in [0.1, 0.15) is 12.4 Å². The third-order valence-corrected chi connectivity index (χ3v) is 4.63. The van der Waals surface area contributed by atoms with Crippen LogP contribution in [0.1, 0.15) is 13.3 Å². The summed E-state index contributed by atoms with van der Waals surface area (Å²) < 4.78 is 37.2. The minimum atomic E-state index is -3.38. The molecule has 0 bridgehead atoms. The summed E-state index contributed by atoms with van der Waals surface area (Å²) in [7, 11) is -3.38. The third kappa shape index (κ3) is 4.36. The van der Waals surface area contributed by atoms with Crippen LogP contribution < -0.4 is 15.2 Å². The van der Waals surface area contributed by atoms with Gasteiger partial charge in [0.2, 0.25) is 10.0 Å². The first-order chi connectivity index (χ1) is 9.39. The van der Waals surface area contributed by atoms with Crippen LogP contribution in [0.2, 0.25) is 0 Å². The average Bonchev–Trinajstić information content (AvgIpc) is 2.77. The number of nitrogens with two attached hydrogens (primary N) is 1. The molecule has 7 heteroatoms. The normalized spacial score (nSPS) is 22.9. The van der Waals surface area contributed by atoms with Crippen molar-refractivity contribution >= 4 is 15.7 Å². The Hall–Kier alpha value is -1.31. The standard InChI is InChI=1S/C13H20N2O4S/c1-13(6-7-18-10-13)15-20(16,17)9-8-19-12-4-2-11(14)3-5-12/h2-5,15H,6-10,14H2,1H3. The van der Waals surface area contributed by atoms with Gasteiger partial charge in [0.05, 0.1) is 17.9 Å². The molecule has 1 aliphatic rings. The first-order valence-corrected chi connectivity index (χ1v) is 8.12. The molecule has 1 aliphatic heterocycles. The maximum atomic E-state index is 12.0. The van der Waals surface area contributed by atoms with E-state index in [-0.39, 0.29) is 12.4 Å². The Kier molecular flexibility index (Phi) is 4.52. The molecule has 0 radical (unpaired) electrons. The van der Waals surface area contributed by atoms with Crippen LogP contribution >= 0.6 is 0 Å². The molecule has 0 amide bonds. The molecule has 0 aromatic heterocycles. The van der Waals surface area contributed by atoms with Crippen molar-refractivity contribution in [3.63, 3.8) is 0 Å². The second kappa shape index (κ2) is 5.99. The molecule has 6 nitrogen and oxygen atoms in total. The Morgan fingerprint density at radius 1 is 1.40 bits per heavy atom. The molecule has 0 aliphatic carbocycles. The zero-order chi connectivity index (χ0) is 14.6. The van der Waals surface area contributed by atoms with Crippen LogP contribution in [-0.4, -0.2) is 39.5 Å². The Bertz CT molecular complexity index is 536. The minimum Gasteiger partial charge on any atom is -0.492 e. The van der Waals surface area contributed by atoms with Crippen LogP contribution in [0.4, 0.5) is 5.69 Å². The lowest BCUT2D eigenvalue weighted by Gasteiger charge is -2.23. The van der Waals surface area contributed by atoms with Gasteiger partial charge in [-0.05, 0) is 37.6 Å². The Morgan fingerprint density at radius 3 is 2.70 bits per heavy atom. The van der Waals surface area contributed by atoms with E-state index in [1.165, 1.54) is 0 Å². The van der Waals surface area contributed by atoms with Gasteiger partial charge < -0.3 is 15.2 Å². The van der Waals surface area contributed by atoms with E-state index in [1.54, 1.807) is 24.3 Å². The SMILES string of the molecule is CC1(NS(=O)(=O)CCOc2ccc(N)cc2)CCOC1. The highest BCUT2D eigenvalue weighted by Crippen LogP contribution is 2.19. The van der Waals surface area contributed by atoms with Crippen molar-refractivity contribution in [1.82, 2.24) is 4.72 Å². The van der Waals surface area contributed by atoms with Crippen LogP contribution in [0.3, 0.4) is 0 Å². The van der Waals surface area contributed by atoms with Crippen LogP contribution in [0.25, 0.3) is 0 Å². The Balaban J connectivity index is 1.81. The van der Waals surface area contributed by atoms with Gasteiger partial charge in [0, 0.05) is 12.3 Å². The quantitative estimate of drug-likeness (QED) is 0.756. The number of anilines is 1. The molecule has 1 unspecified atom stereocenters. The smallest absolute Gasteiger partial charge is 0.215 e. The number of hydrogen-bond donors (Lipinski definition) is 2. The summed E-state index contributed by atoms with van der Waals surface area (Å²) in [5, 5.41) is 0. The summed E-state index contributed by atoms with van der Waals surface area (Å²) in [5.41, 5.74) is 5.70. The molecular formula is C13H20N2O4S. The molecule has 20 heavy (non-hydrogen) atoms. The maximum Gasteiger partial charge on any atom is 0.215 e. The summed E-state index contributed by atoms with van der Waals surface area (Å²) in [6.45, 7) is 2.93. The number of ether oxygens (including phenoxy) is 2. The van der Waals surface area contributed by atoms with Gasteiger partial charge in [-0.3, -0.25) is 0 Å². The van der Waals surface area contributed by atoms with E-state index in [1.807, 2.05) is 6.92 Å². The monoisotopic (exact) mass is 300 g/mol. The zero-order valence-electron chi connectivity index (χ0n) is 11.5. The van der Waals surface area contributed by atoms with E-state index in [0.29, 0.717) is 31.1 Å². The van der Waals surface area contributed by atoms with Crippen molar-refractivity contribution in [2.24, 2.45) is 0 Å². The summed E-state index contributed by atoms with van der Waals surface area (Å²) in [6.07, 6.45) is 0.686. The Labute approximate surface area is 119 Å². The molecule has 1 fully saturated rings. The fraction of sp³-hybridized carbons (Fsp3) is 0.538. The molecule has 1 heterocycles. The summed E-state index contributed by atoms with van der Waals surface area (Å²) >= 11 is 0. The van der Waals surface area contributed by atoms with E-state index in [4.69, 9.17) is 15.2 Å². The highest BCUT2D eigenvalue weighted by Gasteiger charge is 2.33. The van der Waals surface area contributed by atoms with Gasteiger partial charge in [-0.2, -0.15) is 0 Å². The van der Waals surface area contributed by atoms with Crippen molar-refractivity contribution in [1.29, 1.82) is 0 Å². The van der Waals surface area contributed by atoms with Crippen molar-refractivity contribution in [3.05, 3.63) is 24.3 Å². The summed E-state index contributed by atoms with van der Waals surface area (Å²) in [5.74, 6) is 0.511. The van der Waals surface area contributed by atoms with Gasteiger partial charge in [-0.25, -0.2) is 13.1 Å². The predicted octanol–water partition coefficient (Wildman–Crippen LogP) is 0.746. The zero-order valence-corrected chi connectivity index (χ0v) is 12.3. The van der Waals surface area contributed by atoms with Crippen molar-refractivity contribution in [2.45, 2.75) is 18.9 Å². The molecule has 1 atom stereocenters. The van der Waals surface area contributed by atoms with Gasteiger partial charge in [0.15, 0.2) is 0 Å². The molecule has 0 spiro atoms. The van der Waals surface area contributed by atoms with Crippen molar-refractivity contribution in [2.75, 3.05) is 31.3 Å². The predicted molar refractivity (Wildman–Crippen MR) is 77.1 cm³/mol. The fourth-order valence-corrected chi connectivity index (χ4v) is 3.32. The highest BCUT2D eigenvalue weighted by molar-refractivity contribution is 7.89. The van der Waals surface area contributed by atoms with Crippen LogP contribution in [0.5, 0.6) is 5.75 Å². The topological polar surface area (TPSA) is 90.7 Å².